The molecule has 7 heteroatoms. The summed E-state index contributed by atoms with van der Waals surface area (Å²) in [6.45, 7) is 3.84. The van der Waals surface area contributed by atoms with Gasteiger partial charge in [-0.1, -0.05) is 6.07 Å². The van der Waals surface area contributed by atoms with E-state index in [1.54, 1.807) is 18.1 Å². The topological polar surface area (TPSA) is 74.4 Å². The van der Waals surface area contributed by atoms with Gasteiger partial charge in [0.2, 0.25) is 0 Å². The maximum Gasteiger partial charge on any atom is 0.274 e. The molecule has 4 heterocycles. The molecular weight excluding hydrogens is 318 g/mol. The van der Waals surface area contributed by atoms with Gasteiger partial charge in [-0.25, -0.2) is 0 Å². The number of amides is 1. The zero-order chi connectivity index (χ0) is 17.2. The molecule has 2 aliphatic heterocycles. The maximum absolute atomic E-state index is 12.9. The number of nitrogens with one attached hydrogen (secondary N) is 1. The molecule has 0 spiro atoms. The minimum Gasteiger partial charge on any atom is -0.380 e. The molecule has 7 nitrogen and oxygen atoms in total. The summed E-state index contributed by atoms with van der Waals surface area (Å²) >= 11 is 0. The number of carbonyl (C=O) groups excluding carboxylic acids is 1. The fraction of sp³-hybridized carbons (Fsp3) is 0.500. The highest BCUT2D eigenvalue weighted by Crippen LogP contribution is 2.25. The Bertz CT molecular complexity index is 739. The summed E-state index contributed by atoms with van der Waals surface area (Å²) in [5.41, 5.74) is 3.53. The smallest absolute Gasteiger partial charge is 0.274 e. The second kappa shape index (κ2) is 6.93. The number of nitrogens with zero attached hydrogens (tertiary/aromatic N) is 4. The van der Waals surface area contributed by atoms with E-state index in [2.05, 4.69) is 20.1 Å². The molecule has 4 rings (SSSR count). The van der Waals surface area contributed by atoms with Crippen molar-refractivity contribution in [3.63, 3.8) is 0 Å². The van der Waals surface area contributed by atoms with Crippen molar-refractivity contribution in [3.05, 3.63) is 47.0 Å². The largest absolute Gasteiger partial charge is 0.380 e. The van der Waals surface area contributed by atoms with E-state index in [4.69, 9.17) is 4.74 Å². The number of ether oxygens (including phenoxy) is 1. The second-order valence-electron chi connectivity index (χ2n) is 6.75. The van der Waals surface area contributed by atoms with E-state index in [0.717, 1.165) is 56.1 Å². The summed E-state index contributed by atoms with van der Waals surface area (Å²) in [7, 11) is 1.80. The van der Waals surface area contributed by atoms with E-state index in [1.807, 2.05) is 18.2 Å². The van der Waals surface area contributed by atoms with Crippen LogP contribution < -0.4 is 0 Å². The minimum atomic E-state index is -0.0623. The highest BCUT2D eigenvalue weighted by atomic mass is 16.5. The molecule has 0 radical (unpaired) electrons. The quantitative estimate of drug-likeness (QED) is 0.905. The van der Waals surface area contributed by atoms with Gasteiger partial charge in [-0.15, -0.1) is 0 Å². The van der Waals surface area contributed by atoms with Gasteiger partial charge in [-0.3, -0.25) is 19.8 Å². The van der Waals surface area contributed by atoms with Crippen molar-refractivity contribution in [1.82, 2.24) is 25.0 Å². The normalized spacial score (nSPS) is 20.4. The number of hydrogen-bond acceptors (Lipinski definition) is 5. The van der Waals surface area contributed by atoms with Crippen molar-refractivity contribution in [2.75, 3.05) is 26.8 Å². The lowest BCUT2D eigenvalue weighted by atomic mass is 10.0. The van der Waals surface area contributed by atoms with Crippen molar-refractivity contribution in [1.29, 1.82) is 0 Å². The Morgan fingerprint density at radius 2 is 2.40 bits per heavy atom. The first-order valence-electron chi connectivity index (χ1n) is 8.75. The van der Waals surface area contributed by atoms with Gasteiger partial charge in [-0.05, 0) is 18.6 Å². The molecule has 0 aliphatic carbocycles. The van der Waals surface area contributed by atoms with Crippen LogP contribution in [-0.4, -0.2) is 63.7 Å². The SMILES string of the molecule is CN(Cc1ccccn1)C(=O)c1n[nH]c2c1CN([C@@H]1CCOC1)CC2. The lowest BCUT2D eigenvalue weighted by Crippen LogP contribution is -2.40. The van der Waals surface area contributed by atoms with E-state index in [-0.39, 0.29) is 5.91 Å². The lowest BCUT2D eigenvalue weighted by Gasteiger charge is -2.31. The molecule has 0 saturated carbocycles. The lowest BCUT2D eigenvalue weighted by molar-refractivity contribution is 0.0773. The average molecular weight is 341 g/mol. The van der Waals surface area contributed by atoms with Crippen LogP contribution in [-0.2, 0) is 24.2 Å². The predicted molar refractivity (Wildman–Crippen MR) is 92.0 cm³/mol. The van der Waals surface area contributed by atoms with Crippen LogP contribution in [0.1, 0.15) is 33.9 Å². The molecule has 1 atom stereocenters. The predicted octanol–water partition coefficient (Wildman–Crippen LogP) is 1.22. The summed E-state index contributed by atoms with van der Waals surface area (Å²) < 4.78 is 5.51. The number of rotatable bonds is 4. The molecule has 2 aromatic rings. The van der Waals surface area contributed by atoms with Crippen LogP contribution in [0, 0.1) is 0 Å². The summed E-state index contributed by atoms with van der Waals surface area (Å²) in [5, 5.41) is 7.39. The molecule has 2 aromatic heterocycles. The van der Waals surface area contributed by atoms with E-state index in [1.165, 1.54) is 0 Å². The van der Waals surface area contributed by atoms with E-state index >= 15 is 0 Å². The zero-order valence-electron chi connectivity index (χ0n) is 14.4. The van der Waals surface area contributed by atoms with Crippen LogP contribution in [0.4, 0.5) is 0 Å². The number of fused-ring (bicyclic) bond motifs is 1. The molecular formula is C18H23N5O2. The van der Waals surface area contributed by atoms with Crippen LogP contribution in [0.15, 0.2) is 24.4 Å². The Labute approximate surface area is 147 Å². The van der Waals surface area contributed by atoms with Gasteiger partial charge in [-0.2, -0.15) is 5.10 Å². The van der Waals surface area contributed by atoms with Gasteiger partial charge >= 0.3 is 0 Å². The standard InChI is InChI=1S/C18H23N5O2/c1-22(10-13-4-2-3-7-19-13)18(24)17-15-11-23(14-6-9-25-12-14)8-5-16(15)20-21-17/h2-4,7,14H,5-6,8-12H2,1H3,(H,20,21)/t14-/m1/s1. The molecule has 25 heavy (non-hydrogen) atoms. The van der Waals surface area contributed by atoms with Crippen molar-refractivity contribution in [2.45, 2.75) is 32.0 Å². The molecule has 0 unspecified atom stereocenters. The molecule has 1 amide bonds. The molecule has 1 N–H and O–H groups in total. The van der Waals surface area contributed by atoms with E-state index < -0.39 is 0 Å². The third-order valence-electron chi connectivity index (χ3n) is 5.06. The van der Waals surface area contributed by atoms with Crippen LogP contribution >= 0.6 is 0 Å². The first kappa shape index (κ1) is 16.2. The van der Waals surface area contributed by atoms with Crippen LogP contribution in [0.2, 0.25) is 0 Å². The maximum atomic E-state index is 12.9. The summed E-state index contributed by atoms with van der Waals surface area (Å²) in [6.07, 6.45) is 3.71. The fourth-order valence-corrected chi connectivity index (χ4v) is 3.60. The van der Waals surface area contributed by atoms with Crippen LogP contribution in [0.3, 0.4) is 0 Å². The molecule has 132 valence electrons. The third kappa shape index (κ3) is 3.29. The highest BCUT2D eigenvalue weighted by molar-refractivity contribution is 5.93. The number of hydrogen-bond donors (Lipinski definition) is 1. The number of pyridine rings is 1. The Morgan fingerprint density at radius 3 is 3.16 bits per heavy atom. The monoisotopic (exact) mass is 341 g/mol. The molecule has 1 fully saturated rings. The van der Waals surface area contributed by atoms with Gasteiger partial charge in [0.05, 0.1) is 18.8 Å². The van der Waals surface area contributed by atoms with Crippen LogP contribution in [0.5, 0.6) is 0 Å². The van der Waals surface area contributed by atoms with Crippen LogP contribution in [0.25, 0.3) is 0 Å². The van der Waals surface area contributed by atoms with Gasteiger partial charge in [0.1, 0.15) is 0 Å². The van der Waals surface area contributed by atoms with Gasteiger partial charge in [0, 0.05) is 56.7 Å². The van der Waals surface area contributed by atoms with Gasteiger partial charge in [0.25, 0.3) is 5.91 Å². The van der Waals surface area contributed by atoms with Crippen molar-refractivity contribution >= 4 is 5.91 Å². The number of aromatic amines is 1. The van der Waals surface area contributed by atoms with Crippen molar-refractivity contribution in [3.8, 4) is 0 Å². The van der Waals surface area contributed by atoms with E-state index in [0.29, 0.717) is 18.3 Å². The van der Waals surface area contributed by atoms with Crippen molar-refractivity contribution in [2.24, 2.45) is 0 Å². The summed E-state index contributed by atoms with van der Waals surface area (Å²) in [4.78, 5) is 21.3. The van der Waals surface area contributed by atoms with Gasteiger partial charge in [0.15, 0.2) is 5.69 Å². The highest BCUT2D eigenvalue weighted by Gasteiger charge is 2.31. The molecule has 1 saturated heterocycles. The Balaban J connectivity index is 1.49. The average Bonchev–Trinajstić information content (AvgIpc) is 3.31. The number of carbonyl (C=O) groups is 1. The Kier molecular flexibility index (Phi) is 4.50. The van der Waals surface area contributed by atoms with Gasteiger partial charge < -0.3 is 9.64 Å². The Morgan fingerprint density at radius 1 is 1.48 bits per heavy atom. The summed E-state index contributed by atoms with van der Waals surface area (Å²) in [6, 6.07) is 6.18. The first-order valence-corrected chi connectivity index (χ1v) is 8.75. The molecule has 0 bridgehead atoms. The number of H-pyrrole nitrogens is 1. The third-order valence-corrected chi connectivity index (χ3v) is 5.06. The summed E-state index contributed by atoms with van der Waals surface area (Å²) in [5.74, 6) is -0.0623. The molecule has 2 aliphatic rings. The first-order chi connectivity index (χ1) is 12.2. The second-order valence-corrected chi connectivity index (χ2v) is 6.75. The molecule has 0 aromatic carbocycles. The van der Waals surface area contributed by atoms with Crippen molar-refractivity contribution < 1.29 is 9.53 Å². The zero-order valence-corrected chi connectivity index (χ0v) is 14.4. The minimum absolute atomic E-state index is 0.0623. The fourth-order valence-electron chi connectivity index (χ4n) is 3.60. The Hall–Kier alpha value is -2.25. The number of aromatic nitrogens is 3. The van der Waals surface area contributed by atoms with E-state index in [9.17, 15) is 4.79 Å².